The summed E-state index contributed by atoms with van der Waals surface area (Å²) in [5.74, 6) is 0.774. The number of rotatable bonds is 15. The largest absolute Gasteiger partial charge is 0.481 e. The van der Waals surface area contributed by atoms with E-state index in [4.69, 9.17) is 14.8 Å². The number of nitriles is 1. The molecule has 2 aromatic heterocycles. The Morgan fingerprint density at radius 1 is 1.10 bits per heavy atom. The van der Waals surface area contributed by atoms with Gasteiger partial charge in [0.2, 0.25) is 5.95 Å². The first-order valence-electron chi connectivity index (χ1n) is 15.2. The molecule has 0 atom stereocenters. The molecule has 0 radical (unpaired) electrons. The zero-order valence-corrected chi connectivity index (χ0v) is 24.4. The SMILES string of the molecule is Cc1cnc(Nc2cnn(CCCCCCCCCC(=O)O)c2)nc1N1CC(CC#N)(N2CCC3(CC2)COC3)C1. The third-order valence-corrected chi connectivity index (χ3v) is 9.10. The number of nitrogens with one attached hydrogen (secondary N) is 1. The second kappa shape index (κ2) is 13.2. The average Bonchev–Trinajstić information content (AvgIpc) is 3.37. The number of aryl methyl sites for hydroxylation is 2. The molecule has 0 aromatic carbocycles. The van der Waals surface area contributed by atoms with Gasteiger partial charge in [0.15, 0.2) is 0 Å². The highest BCUT2D eigenvalue weighted by atomic mass is 16.5. The summed E-state index contributed by atoms with van der Waals surface area (Å²) >= 11 is 0. The fourth-order valence-corrected chi connectivity index (χ4v) is 6.45. The first-order chi connectivity index (χ1) is 19.9. The topological polar surface area (TPSA) is 132 Å². The van der Waals surface area contributed by atoms with Crippen molar-refractivity contribution in [2.45, 2.75) is 89.6 Å². The van der Waals surface area contributed by atoms with Gasteiger partial charge in [-0.15, -0.1) is 0 Å². The monoisotopic (exact) mass is 564 g/mol. The van der Waals surface area contributed by atoms with Gasteiger partial charge < -0.3 is 20.1 Å². The number of unbranched alkanes of at least 4 members (excludes halogenated alkanes) is 6. The van der Waals surface area contributed by atoms with E-state index in [1.807, 2.05) is 30.2 Å². The lowest BCUT2D eigenvalue weighted by Gasteiger charge is -2.59. The molecule has 0 bridgehead atoms. The van der Waals surface area contributed by atoms with Crippen molar-refractivity contribution in [3.05, 3.63) is 24.2 Å². The molecule has 11 heteroatoms. The molecule has 3 fully saturated rings. The van der Waals surface area contributed by atoms with E-state index in [1.54, 1.807) is 0 Å². The predicted molar refractivity (Wildman–Crippen MR) is 156 cm³/mol. The third kappa shape index (κ3) is 7.16. The van der Waals surface area contributed by atoms with Crippen LogP contribution in [-0.4, -0.2) is 80.7 Å². The first-order valence-corrected chi connectivity index (χ1v) is 15.2. The van der Waals surface area contributed by atoms with E-state index < -0.39 is 5.97 Å². The number of hydrogen-bond acceptors (Lipinski definition) is 9. The lowest BCUT2D eigenvalue weighted by atomic mass is 9.74. The van der Waals surface area contributed by atoms with Crippen LogP contribution in [0.2, 0.25) is 0 Å². The van der Waals surface area contributed by atoms with Crippen LogP contribution in [0.15, 0.2) is 18.6 Å². The van der Waals surface area contributed by atoms with Gasteiger partial charge in [-0.1, -0.05) is 32.1 Å². The van der Waals surface area contributed by atoms with Gasteiger partial charge in [0.05, 0.1) is 43.1 Å². The molecule has 41 heavy (non-hydrogen) atoms. The van der Waals surface area contributed by atoms with E-state index in [9.17, 15) is 10.1 Å². The summed E-state index contributed by atoms with van der Waals surface area (Å²) in [7, 11) is 0. The van der Waals surface area contributed by atoms with Crippen molar-refractivity contribution in [1.82, 2.24) is 24.6 Å². The quantitative estimate of drug-likeness (QED) is 0.298. The van der Waals surface area contributed by atoms with Crippen molar-refractivity contribution in [2.75, 3.05) is 49.6 Å². The highest BCUT2D eigenvalue weighted by Gasteiger charge is 2.52. The van der Waals surface area contributed by atoms with Crippen molar-refractivity contribution in [2.24, 2.45) is 5.41 Å². The summed E-state index contributed by atoms with van der Waals surface area (Å²) in [6.45, 7) is 8.37. The number of ether oxygens (including phenoxy) is 1. The number of carbonyl (C=O) groups is 1. The lowest BCUT2D eigenvalue weighted by Crippen LogP contribution is -2.72. The fraction of sp³-hybridized carbons (Fsp3) is 0.700. The van der Waals surface area contributed by atoms with E-state index in [2.05, 4.69) is 31.3 Å². The Labute approximate surface area is 242 Å². The minimum absolute atomic E-state index is 0.104. The number of aromatic nitrogens is 4. The molecule has 0 aliphatic carbocycles. The van der Waals surface area contributed by atoms with E-state index in [-0.39, 0.29) is 12.0 Å². The van der Waals surface area contributed by atoms with Gasteiger partial charge in [0, 0.05) is 49.4 Å². The van der Waals surface area contributed by atoms with Crippen LogP contribution >= 0.6 is 0 Å². The van der Waals surface area contributed by atoms with Crippen LogP contribution < -0.4 is 10.2 Å². The van der Waals surface area contributed by atoms with Crippen LogP contribution in [0, 0.1) is 23.7 Å². The first kappa shape index (κ1) is 29.3. The maximum absolute atomic E-state index is 10.6. The molecular weight excluding hydrogens is 520 g/mol. The van der Waals surface area contributed by atoms with Crippen LogP contribution in [0.25, 0.3) is 0 Å². The van der Waals surface area contributed by atoms with E-state index in [0.29, 0.717) is 17.8 Å². The minimum atomic E-state index is -0.701. The number of piperidine rings is 1. The van der Waals surface area contributed by atoms with Gasteiger partial charge in [-0.05, 0) is 45.7 Å². The van der Waals surface area contributed by atoms with E-state index in [1.165, 1.54) is 6.42 Å². The van der Waals surface area contributed by atoms with Crippen LogP contribution in [-0.2, 0) is 16.1 Å². The number of likely N-dealkylation sites (tertiary alicyclic amines) is 1. The fourth-order valence-electron chi connectivity index (χ4n) is 6.45. The number of carboxylic acid groups (broad SMARTS) is 1. The summed E-state index contributed by atoms with van der Waals surface area (Å²) in [5, 5.41) is 26.1. The molecular formula is C30H44N8O3. The van der Waals surface area contributed by atoms with Gasteiger partial charge in [0.1, 0.15) is 5.82 Å². The Balaban J connectivity index is 1.08. The summed E-state index contributed by atoms with van der Waals surface area (Å²) in [6, 6.07) is 2.46. The van der Waals surface area contributed by atoms with Crippen LogP contribution in [0.4, 0.5) is 17.5 Å². The van der Waals surface area contributed by atoms with E-state index in [0.717, 1.165) is 114 Å². The lowest BCUT2D eigenvalue weighted by molar-refractivity contribution is -0.150. The highest BCUT2D eigenvalue weighted by Crippen LogP contribution is 2.43. The van der Waals surface area contributed by atoms with Gasteiger partial charge in [0.25, 0.3) is 0 Å². The predicted octanol–water partition coefficient (Wildman–Crippen LogP) is 4.52. The maximum Gasteiger partial charge on any atom is 0.303 e. The molecule has 0 unspecified atom stereocenters. The third-order valence-electron chi connectivity index (χ3n) is 9.10. The van der Waals surface area contributed by atoms with Gasteiger partial charge in [-0.25, -0.2) is 4.98 Å². The Bertz CT molecular complexity index is 1200. The van der Waals surface area contributed by atoms with Gasteiger partial charge >= 0.3 is 5.97 Å². The molecule has 2 N–H and O–H groups in total. The van der Waals surface area contributed by atoms with Crippen molar-refractivity contribution < 1.29 is 14.6 Å². The van der Waals surface area contributed by atoms with E-state index >= 15 is 0 Å². The number of nitrogens with zero attached hydrogens (tertiary/aromatic N) is 7. The Morgan fingerprint density at radius 2 is 1.80 bits per heavy atom. The van der Waals surface area contributed by atoms with Crippen LogP contribution in [0.1, 0.15) is 76.2 Å². The summed E-state index contributed by atoms with van der Waals surface area (Å²) in [5.41, 5.74) is 2.18. The molecule has 0 amide bonds. The second-order valence-electron chi connectivity index (χ2n) is 12.3. The minimum Gasteiger partial charge on any atom is -0.481 e. The summed E-state index contributed by atoms with van der Waals surface area (Å²) in [4.78, 5) is 24.8. The molecule has 5 rings (SSSR count). The molecule has 2 aromatic rings. The van der Waals surface area contributed by atoms with Gasteiger partial charge in [-0.3, -0.25) is 14.4 Å². The standard InChI is InChI=1S/C30H44N8O3/c1-24-17-32-28(34-25-18-33-38(19-25)14-8-6-4-2-3-5-7-9-26(39)40)35-27(24)36-20-30(21-36,10-13-31)37-15-11-29(12-16-37)22-41-23-29/h17-19H,2-12,14-16,20-23H2,1H3,(H,39,40)(H,32,34,35). The number of anilines is 3. The van der Waals surface area contributed by atoms with Crippen LogP contribution in [0.3, 0.4) is 0 Å². The average molecular weight is 565 g/mol. The molecule has 11 nitrogen and oxygen atoms in total. The van der Waals surface area contributed by atoms with Gasteiger partial charge in [-0.2, -0.15) is 15.3 Å². The second-order valence-corrected chi connectivity index (χ2v) is 12.3. The Kier molecular flexibility index (Phi) is 9.40. The molecule has 0 saturated carbocycles. The van der Waals surface area contributed by atoms with Crippen molar-refractivity contribution in [3.8, 4) is 6.07 Å². The smallest absolute Gasteiger partial charge is 0.303 e. The summed E-state index contributed by atoms with van der Waals surface area (Å²) < 4.78 is 7.45. The zero-order valence-electron chi connectivity index (χ0n) is 24.4. The molecule has 222 valence electrons. The van der Waals surface area contributed by atoms with Crippen LogP contribution in [0.5, 0.6) is 0 Å². The maximum atomic E-state index is 10.6. The number of hydrogen-bond donors (Lipinski definition) is 2. The summed E-state index contributed by atoms with van der Waals surface area (Å²) in [6.07, 6.45) is 16.2. The Morgan fingerprint density at radius 3 is 2.46 bits per heavy atom. The Hall–Kier alpha value is -3.23. The molecule has 5 heterocycles. The van der Waals surface area contributed by atoms with Crippen molar-refractivity contribution in [3.63, 3.8) is 0 Å². The molecule has 1 spiro atoms. The van der Waals surface area contributed by atoms with Crippen molar-refractivity contribution in [1.29, 1.82) is 5.26 Å². The highest BCUT2D eigenvalue weighted by molar-refractivity contribution is 5.66. The molecule has 3 saturated heterocycles. The number of aliphatic carboxylic acids is 1. The number of carboxylic acids is 1. The molecule has 3 aliphatic heterocycles. The normalized spacial score (nSPS) is 19.4. The zero-order chi connectivity index (χ0) is 28.7. The molecule has 3 aliphatic rings. The van der Waals surface area contributed by atoms with Crippen molar-refractivity contribution >= 4 is 23.4 Å².